The summed E-state index contributed by atoms with van der Waals surface area (Å²) in [6, 6.07) is 7.82. The Bertz CT molecular complexity index is 2000. The maximum absolute atomic E-state index is 15.4. The molecule has 2 N–H and O–H groups in total. The molecule has 274 valence electrons. The molecule has 1 saturated carbocycles. The number of anilines is 2. The minimum atomic E-state index is -3.90. The third-order valence-electron chi connectivity index (χ3n) is 9.47. The zero-order valence-corrected chi connectivity index (χ0v) is 30.1. The van der Waals surface area contributed by atoms with Crippen molar-refractivity contribution in [1.29, 1.82) is 0 Å². The first-order chi connectivity index (χ1) is 24.6. The van der Waals surface area contributed by atoms with E-state index < -0.39 is 15.8 Å². The summed E-state index contributed by atoms with van der Waals surface area (Å²) >= 11 is 0. The number of pyridine rings is 1. The van der Waals surface area contributed by atoms with Crippen molar-refractivity contribution in [3.63, 3.8) is 0 Å². The quantitative estimate of drug-likeness (QED) is 0.144. The average Bonchev–Trinajstić information content (AvgIpc) is 3.86. The summed E-state index contributed by atoms with van der Waals surface area (Å²) in [5.74, 6) is -0.568. The normalized spacial score (nSPS) is 15.7. The van der Waals surface area contributed by atoms with E-state index in [-0.39, 0.29) is 28.1 Å². The predicted molar refractivity (Wildman–Crippen MR) is 193 cm³/mol. The van der Waals surface area contributed by atoms with Gasteiger partial charge in [0.1, 0.15) is 17.3 Å². The van der Waals surface area contributed by atoms with E-state index in [0.29, 0.717) is 56.6 Å². The highest BCUT2D eigenvalue weighted by Gasteiger charge is 2.29. The molecule has 0 radical (unpaired) electrons. The molecule has 3 aromatic heterocycles. The SMILES string of the molecule is CCCCOC(=O)NCCCCCCN1CCN(S(=O)(=O)c2ccc(Nc3nc4ccc(-c5cnn(C6CC6)c5)cn4c(=O)c3C)c(F)c2)CC1. The molecule has 0 unspecified atom stereocenters. The molecule has 13 nitrogen and oxygen atoms in total. The summed E-state index contributed by atoms with van der Waals surface area (Å²) in [5, 5.41) is 10.1. The average molecular weight is 723 g/mol. The van der Waals surface area contributed by atoms with Crippen LogP contribution in [0.1, 0.15) is 69.9 Å². The van der Waals surface area contributed by atoms with E-state index in [4.69, 9.17) is 4.74 Å². The fourth-order valence-corrected chi connectivity index (χ4v) is 7.57. The smallest absolute Gasteiger partial charge is 0.407 e. The van der Waals surface area contributed by atoms with Crippen molar-refractivity contribution in [2.45, 2.75) is 76.2 Å². The highest BCUT2D eigenvalue weighted by Crippen LogP contribution is 2.35. The third kappa shape index (κ3) is 8.94. The molecule has 4 heterocycles. The molecule has 1 aliphatic carbocycles. The van der Waals surface area contributed by atoms with Crippen LogP contribution in [0.15, 0.2) is 58.6 Å². The summed E-state index contributed by atoms with van der Waals surface area (Å²) < 4.78 is 52.2. The van der Waals surface area contributed by atoms with Gasteiger partial charge in [0.2, 0.25) is 10.0 Å². The van der Waals surface area contributed by atoms with Gasteiger partial charge in [0.15, 0.2) is 0 Å². The van der Waals surface area contributed by atoms with Crippen molar-refractivity contribution >= 4 is 33.3 Å². The van der Waals surface area contributed by atoms with Gasteiger partial charge in [-0.05, 0) is 75.9 Å². The fourth-order valence-electron chi connectivity index (χ4n) is 6.14. The number of piperazine rings is 1. The monoisotopic (exact) mass is 722 g/mol. The number of nitrogens with zero attached hydrogens (tertiary/aromatic N) is 6. The van der Waals surface area contributed by atoms with Crippen molar-refractivity contribution in [2.75, 3.05) is 51.2 Å². The molecule has 1 aliphatic heterocycles. The second-order valence-electron chi connectivity index (χ2n) is 13.3. The number of alkyl carbamates (subject to hydrolysis) is 1. The Kier molecular flexibility index (Phi) is 11.7. The lowest BCUT2D eigenvalue weighted by molar-refractivity contribution is 0.144. The van der Waals surface area contributed by atoms with E-state index in [0.717, 1.165) is 75.1 Å². The summed E-state index contributed by atoms with van der Waals surface area (Å²) in [4.78, 5) is 31.6. The molecule has 0 atom stereocenters. The Morgan fingerprint density at radius 1 is 1.00 bits per heavy atom. The van der Waals surface area contributed by atoms with Crippen molar-refractivity contribution in [1.82, 2.24) is 33.7 Å². The predicted octanol–water partition coefficient (Wildman–Crippen LogP) is 5.48. The number of carbonyl (C=O) groups excluding carboxylic acids is 1. The maximum atomic E-state index is 15.4. The number of rotatable bonds is 16. The zero-order chi connectivity index (χ0) is 36.0. The Balaban J connectivity index is 0.994. The second kappa shape index (κ2) is 16.3. The number of carbonyl (C=O) groups is 1. The van der Waals surface area contributed by atoms with E-state index in [1.165, 1.54) is 20.8 Å². The molecule has 0 bridgehead atoms. The van der Waals surface area contributed by atoms with E-state index >= 15 is 4.39 Å². The molecular formula is C36H47FN8O5S. The number of aromatic nitrogens is 4. The number of nitrogens with one attached hydrogen (secondary N) is 2. The van der Waals surface area contributed by atoms with Crippen molar-refractivity contribution in [3.05, 3.63) is 70.7 Å². The Morgan fingerprint density at radius 2 is 1.78 bits per heavy atom. The zero-order valence-electron chi connectivity index (χ0n) is 29.3. The van der Waals surface area contributed by atoms with Gasteiger partial charge in [0.25, 0.3) is 5.56 Å². The van der Waals surface area contributed by atoms with Crippen LogP contribution in [0.3, 0.4) is 0 Å². The summed E-state index contributed by atoms with van der Waals surface area (Å²) in [7, 11) is -3.90. The molecule has 1 amide bonds. The van der Waals surface area contributed by atoms with Crippen LogP contribution in [0.5, 0.6) is 0 Å². The minimum absolute atomic E-state index is 0.0184. The highest BCUT2D eigenvalue weighted by molar-refractivity contribution is 7.89. The van der Waals surface area contributed by atoms with Crippen molar-refractivity contribution in [2.24, 2.45) is 0 Å². The van der Waals surface area contributed by atoms with E-state index in [1.54, 1.807) is 25.4 Å². The number of ether oxygens (including phenoxy) is 1. The van der Waals surface area contributed by atoms with Crippen LogP contribution in [-0.2, 0) is 14.8 Å². The van der Waals surface area contributed by atoms with Crippen LogP contribution in [0.2, 0.25) is 0 Å². The Hall–Kier alpha value is -4.34. The van der Waals surface area contributed by atoms with Gasteiger partial charge in [0, 0.05) is 56.2 Å². The Labute approximate surface area is 297 Å². The molecule has 15 heteroatoms. The Morgan fingerprint density at radius 3 is 2.53 bits per heavy atom. The molecule has 0 spiro atoms. The van der Waals surface area contributed by atoms with E-state index in [9.17, 15) is 18.0 Å². The van der Waals surface area contributed by atoms with E-state index in [2.05, 4.69) is 25.6 Å². The van der Waals surface area contributed by atoms with Gasteiger partial charge in [-0.2, -0.15) is 9.40 Å². The minimum Gasteiger partial charge on any atom is -0.450 e. The van der Waals surface area contributed by atoms with Gasteiger partial charge in [-0.15, -0.1) is 0 Å². The van der Waals surface area contributed by atoms with Gasteiger partial charge in [-0.25, -0.2) is 22.6 Å². The van der Waals surface area contributed by atoms with Crippen LogP contribution in [0.4, 0.5) is 20.7 Å². The largest absolute Gasteiger partial charge is 0.450 e. The van der Waals surface area contributed by atoms with Crippen molar-refractivity contribution in [3.8, 4) is 11.1 Å². The number of hydrogen-bond donors (Lipinski definition) is 2. The van der Waals surface area contributed by atoms with E-state index in [1.807, 2.05) is 23.9 Å². The first-order valence-electron chi connectivity index (χ1n) is 17.9. The van der Waals surface area contributed by atoms with Gasteiger partial charge < -0.3 is 20.3 Å². The number of sulfonamides is 1. The van der Waals surface area contributed by atoms with Crippen LogP contribution < -0.4 is 16.2 Å². The molecular weight excluding hydrogens is 676 g/mol. The number of halogens is 1. The summed E-state index contributed by atoms with van der Waals surface area (Å²) in [5.41, 5.74) is 2.15. The standard InChI is InChI=1S/C36H47FN8O5S/c1-3-4-21-50-36(47)38-15-7-5-6-8-16-42-17-19-43(20-18-42)51(48,49)30-12-13-32(31(37)22-30)40-34-26(2)35(46)44-24-27(9-14-33(44)41-34)28-23-39-45(25-28)29-10-11-29/h9,12-14,22-25,29,40H,3-8,10-11,15-21H2,1-2H3,(H,38,47). The topological polar surface area (TPSA) is 143 Å². The maximum Gasteiger partial charge on any atom is 0.407 e. The lowest BCUT2D eigenvalue weighted by Crippen LogP contribution is -2.48. The lowest BCUT2D eigenvalue weighted by Gasteiger charge is -2.34. The molecule has 51 heavy (non-hydrogen) atoms. The lowest BCUT2D eigenvalue weighted by atomic mass is 10.1. The van der Waals surface area contributed by atoms with Crippen LogP contribution >= 0.6 is 0 Å². The number of benzene rings is 1. The van der Waals surface area contributed by atoms with Crippen LogP contribution in [0.25, 0.3) is 16.8 Å². The first-order valence-corrected chi connectivity index (χ1v) is 19.4. The molecule has 1 saturated heterocycles. The third-order valence-corrected chi connectivity index (χ3v) is 11.4. The number of fused-ring (bicyclic) bond motifs is 1. The first kappa shape index (κ1) is 36.5. The number of amides is 1. The van der Waals surface area contributed by atoms with Gasteiger partial charge in [-0.1, -0.05) is 26.2 Å². The number of unbranched alkanes of at least 4 members (excludes halogenated alkanes) is 4. The summed E-state index contributed by atoms with van der Waals surface area (Å²) in [6.07, 6.45) is 13.1. The van der Waals surface area contributed by atoms with Gasteiger partial charge in [-0.3, -0.25) is 13.9 Å². The number of hydrogen-bond acceptors (Lipinski definition) is 9. The molecule has 2 aliphatic rings. The fraction of sp³-hybridized carbons (Fsp3) is 0.500. The van der Waals surface area contributed by atoms with Gasteiger partial charge in [0.05, 0.1) is 35.0 Å². The molecule has 4 aromatic rings. The molecule has 6 rings (SSSR count). The molecule has 1 aromatic carbocycles. The van der Waals surface area contributed by atoms with Crippen molar-refractivity contribution < 1.29 is 22.3 Å². The highest BCUT2D eigenvalue weighted by atomic mass is 32.2. The second-order valence-corrected chi connectivity index (χ2v) is 15.3. The molecule has 2 fully saturated rings. The van der Waals surface area contributed by atoms with Crippen LogP contribution in [0, 0.1) is 12.7 Å². The van der Waals surface area contributed by atoms with Crippen LogP contribution in [-0.4, -0.2) is 88.8 Å². The summed E-state index contributed by atoms with van der Waals surface area (Å²) in [6.45, 7) is 7.41. The van der Waals surface area contributed by atoms with Gasteiger partial charge >= 0.3 is 6.09 Å².